The number of carboxylic acid groups (broad SMARTS) is 1. The largest absolute Gasteiger partial charge is 0.480 e. The number of aliphatic carboxylic acids is 1. The number of nitrogens with zero attached hydrogens (tertiary/aromatic N) is 3. The van der Waals surface area contributed by atoms with Crippen molar-refractivity contribution in [2.45, 2.75) is 51.9 Å². The van der Waals surface area contributed by atoms with Gasteiger partial charge in [-0.15, -0.1) is 0 Å². The normalized spacial score (nSPS) is 12.0. The summed E-state index contributed by atoms with van der Waals surface area (Å²) < 4.78 is 10.5. The zero-order valence-electron chi connectivity index (χ0n) is 23.0. The van der Waals surface area contributed by atoms with Gasteiger partial charge < -0.3 is 19.9 Å². The van der Waals surface area contributed by atoms with Crippen LogP contribution in [0, 0.1) is 0 Å². The van der Waals surface area contributed by atoms with Gasteiger partial charge in [0, 0.05) is 31.8 Å². The number of ether oxygens (including phenoxy) is 2. The SMILES string of the molecule is CN(C(=O)OC(C)(C)C)c1cccc(C/C=C/c2ccc(C[C@H](NC(=O)OCc3ccccc3)C(=O)O)cn2)n1. The van der Waals surface area contributed by atoms with Crippen molar-refractivity contribution in [3.05, 3.63) is 95.5 Å². The monoisotopic (exact) mass is 546 g/mol. The highest BCUT2D eigenvalue weighted by atomic mass is 16.6. The van der Waals surface area contributed by atoms with Crippen molar-refractivity contribution < 1.29 is 29.0 Å². The number of hydrogen-bond donors (Lipinski definition) is 2. The molecule has 0 aliphatic heterocycles. The minimum absolute atomic E-state index is 0.0435. The van der Waals surface area contributed by atoms with Gasteiger partial charge in [-0.1, -0.05) is 48.5 Å². The van der Waals surface area contributed by atoms with Crippen molar-refractivity contribution in [3.8, 4) is 0 Å². The van der Waals surface area contributed by atoms with E-state index < -0.39 is 29.8 Å². The molecule has 0 radical (unpaired) electrons. The van der Waals surface area contributed by atoms with Gasteiger partial charge in [0.1, 0.15) is 24.1 Å². The van der Waals surface area contributed by atoms with Gasteiger partial charge in [-0.05, 0) is 56.2 Å². The van der Waals surface area contributed by atoms with Crippen LogP contribution in [0.5, 0.6) is 0 Å². The molecule has 3 aromatic rings. The molecule has 1 aromatic carbocycles. The summed E-state index contributed by atoms with van der Waals surface area (Å²) in [5, 5.41) is 11.9. The fourth-order valence-electron chi connectivity index (χ4n) is 3.49. The Morgan fingerprint density at radius 2 is 1.77 bits per heavy atom. The number of pyridine rings is 2. The Labute approximate surface area is 233 Å². The third-order valence-electron chi connectivity index (χ3n) is 5.51. The first kappa shape index (κ1) is 29.8. The van der Waals surface area contributed by atoms with E-state index in [0.29, 0.717) is 23.5 Å². The Morgan fingerprint density at radius 1 is 1.02 bits per heavy atom. The van der Waals surface area contributed by atoms with Crippen LogP contribution in [0.1, 0.15) is 43.3 Å². The van der Waals surface area contributed by atoms with Crippen LogP contribution in [-0.2, 0) is 33.7 Å². The van der Waals surface area contributed by atoms with Crippen molar-refractivity contribution in [1.29, 1.82) is 0 Å². The second-order valence-electron chi connectivity index (χ2n) is 10.0. The number of carboxylic acids is 1. The minimum Gasteiger partial charge on any atom is -0.480 e. The maximum atomic E-state index is 12.3. The van der Waals surface area contributed by atoms with Gasteiger partial charge in [0.15, 0.2) is 0 Å². The molecule has 0 saturated carbocycles. The maximum Gasteiger partial charge on any atom is 0.415 e. The Balaban J connectivity index is 1.53. The van der Waals surface area contributed by atoms with E-state index in [9.17, 15) is 19.5 Å². The fraction of sp³-hybridized carbons (Fsp3) is 0.300. The standard InChI is InChI=1S/C30H34N4O6/c1-30(2,3)40-29(38)34(4)26-15-9-14-24(32-26)13-8-12-23-17-16-22(19-31-23)18-25(27(35)36)33-28(37)39-20-21-10-6-5-7-11-21/h5-12,14-17,19,25H,13,18,20H2,1-4H3,(H,33,37)(H,35,36)/b12-8+/t25-/m0/s1. The number of anilines is 1. The predicted molar refractivity (Wildman–Crippen MR) is 151 cm³/mol. The fourth-order valence-corrected chi connectivity index (χ4v) is 3.49. The number of amides is 2. The quantitative estimate of drug-likeness (QED) is 0.362. The second-order valence-corrected chi connectivity index (χ2v) is 10.0. The van der Waals surface area contributed by atoms with Crippen LogP contribution >= 0.6 is 0 Å². The van der Waals surface area contributed by atoms with Gasteiger partial charge in [0.2, 0.25) is 0 Å². The van der Waals surface area contributed by atoms with Gasteiger partial charge in [-0.2, -0.15) is 0 Å². The average molecular weight is 547 g/mol. The molecule has 0 spiro atoms. The molecule has 0 aliphatic carbocycles. The lowest BCUT2D eigenvalue weighted by Gasteiger charge is -2.24. The first-order valence-electron chi connectivity index (χ1n) is 12.7. The number of nitrogens with one attached hydrogen (secondary N) is 1. The van der Waals surface area contributed by atoms with Crippen LogP contribution < -0.4 is 10.2 Å². The zero-order valence-corrected chi connectivity index (χ0v) is 23.0. The molecule has 2 aromatic heterocycles. The van der Waals surface area contributed by atoms with Crippen LogP contribution in [0.4, 0.5) is 15.4 Å². The van der Waals surface area contributed by atoms with Crippen LogP contribution in [0.2, 0.25) is 0 Å². The summed E-state index contributed by atoms with van der Waals surface area (Å²) >= 11 is 0. The minimum atomic E-state index is -1.17. The number of benzene rings is 1. The van der Waals surface area contributed by atoms with E-state index in [1.807, 2.05) is 54.6 Å². The molecule has 1 atom stereocenters. The molecule has 0 bridgehead atoms. The van der Waals surface area contributed by atoms with Gasteiger partial charge in [-0.3, -0.25) is 9.88 Å². The molecule has 10 nitrogen and oxygen atoms in total. The predicted octanol–water partition coefficient (Wildman–Crippen LogP) is 5.03. The number of allylic oxidation sites excluding steroid dienone is 1. The molecule has 2 N–H and O–H groups in total. The molecule has 2 amide bonds. The highest BCUT2D eigenvalue weighted by Gasteiger charge is 2.22. The molecular formula is C30H34N4O6. The molecular weight excluding hydrogens is 512 g/mol. The summed E-state index contributed by atoms with van der Waals surface area (Å²) in [7, 11) is 1.61. The highest BCUT2D eigenvalue weighted by molar-refractivity contribution is 5.86. The van der Waals surface area contributed by atoms with Gasteiger partial charge >= 0.3 is 18.2 Å². The third-order valence-corrected chi connectivity index (χ3v) is 5.51. The molecule has 3 rings (SSSR count). The summed E-state index contributed by atoms with van der Waals surface area (Å²) in [6.45, 7) is 5.46. The van der Waals surface area contributed by atoms with Crippen LogP contribution in [-0.4, -0.2) is 51.9 Å². The van der Waals surface area contributed by atoms with Gasteiger partial charge in [0.05, 0.1) is 5.69 Å². The summed E-state index contributed by atoms with van der Waals surface area (Å²) in [6.07, 6.45) is 4.56. The Morgan fingerprint density at radius 3 is 2.42 bits per heavy atom. The van der Waals surface area contributed by atoms with E-state index >= 15 is 0 Å². The van der Waals surface area contributed by atoms with Gasteiger partial charge in [-0.25, -0.2) is 19.4 Å². The second kappa shape index (κ2) is 13.9. The molecule has 40 heavy (non-hydrogen) atoms. The lowest BCUT2D eigenvalue weighted by atomic mass is 10.1. The lowest BCUT2D eigenvalue weighted by molar-refractivity contribution is -0.139. The molecule has 10 heteroatoms. The summed E-state index contributed by atoms with van der Waals surface area (Å²) in [5.41, 5.74) is 2.28. The maximum absolute atomic E-state index is 12.3. The summed E-state index contributed by atoms with van der Waals surface area (Å²) in [4.78, 5) is 46.4. The van der Waals surface area contributed by atoms with Crippen molar-refractivity contribution in [1.82, 2.24) is 15.3 Å². The highest BCUT2D eigenvalue weighted by Crippen LogP contribution is 2.16. The van der Waals surface area contributed by atoms with Crippen molar-refractivity contribution in [3.63, 3.8) is 0 Å². The molecule has 2 heterocycles. The summed E-state index contributed by atoms with van der Waals surface area (Å²) in [5.74, 6) is -0.694. The number of carbonyl (C=O) groups is 3. The molecule has 0 saturated heterocycles. The van der Waals surface area contributed by atoms with E-state index in [1.165, 1.54) is 4.90 Å². The van der Waals surface area contributed by atoms with E-state index in [2.05, 4.69) is 15.3 Å². The molecule has 210 valence electrons. The van der Waals surface area contributed by atoms with Crippen LogP contribution in [0.15, 0.2) is 72.9 Å². The van der Waals surface area contributed by atoms with Crippen molar-refractivity contribution in [2.24, 2.45) is 0 Å². The first-order chi connectivity index (χ1) is 19.0. The van der Waals surface area contributed by atoms with E-state index in [0.717, 1.165) is 11.3 Å². The summed E-state index contributed by atoms with van der Waals surface area (Å²) in [6, 6.07) is 16.9. The smallest absolute Gasteiger partial charge is 0.415 e. The van der Waals surface area contributed by atoms with Crippen LogP contribution in [0.3, 0.4) is 0 Å². The molecule has 0 aliphatic rings. The Hall–Kier alpha value is -4.73. The van der Waals surface area contributed by atoms with E-state index in [4.69, 9.17) is 9.47 Å². The van der Waals surface area contributed by atoms with Crippen molar-refractivity contribution in [2.75, 3.05) is 11.9 Å². The number of hydrogen-bond acceptors (Lipinski definition) is 7. The average Bonchev–Trinajstić information content (AvgIpc) is 2.92. The zero-order chi connectivity index (χ0) is 29.1. The van der Waals surface area contributed by atoms with E-state index in [1.54, 1.807) is 52.2 Å². The van der Waals surface area contributed by atoms with E-state index in [-0.39, 0.29) is 13.0 Å². The number of carbonyl (C=O) groups excluding carboxylic acids is 2. The number of rotatable bonds is 10. The van der Waals surface area contributed by atoms with Crippen LogP contribution in [0.25, 0.3) is 6.08 Å². The number of alkyl carbamates (subject to hydrolysis) is 1. The topological polar surface area (TPSA) is 131 Å². The van der Waals surface area contributed by atoms with Gasteiger partial charge in [0.25, 0.3) is 0 Å². The Kier molecular flexibility index (Phi) is 10.4. The third kappa shape index (κ3) is 9.86. The lowest BCUT2D eigenvalue weighted by Crippen LogP contribution is -2.42. The molecule has 0 fully saturated rings. The number of aromatic nitrogens is 2. The Bertz CT molecular complexity index is 1320. The van der Waals surface area contributed by atoms with Crippen molar-refractivity contribution >= 4 is 30.0 Å². The molecule has 0 unspecified atom stereocenters. The first-order valence-corrected chi connectivity index (χ1v) is 12.7.